The second kappa shape index (κ2) is 65.5. The lowest BCUT2D eigenvalue weighted by atomic mass is 9.51. The lowest BCUT2D eigenvalue weighted by molar-refractivity contribution is -0.387. The van der Waals surface area contributed by atoms with Crippen molar-refractivity contribution < 1.29 is 95.4 Å². The van der Waals surface area contributed by atoms with E-state index in [1.165, 1.54) is 55.6 Å². The molecule has 3 fully saturated rings. The lowest BCUT2D eigenvalue weighted by Gasteiger charge is -2.51. The molecule has 2 bridgehead atoms. The number of hydrogen-bond acceptors (Lipinski definition) is 27. The van der Waals surface area contributed by atoms with Gasteiger partial charge >= 0.3 is 31.2 Å². The Bertz CT molecular complexity index is 5050. The number of likely N-dealkylation sites (tertiary alicyclic amines) is 2. The van der Waals surface area contributed by atoms with Gasteiger partial charge in [0.2, 0.25) is 29.5 Å². The van der Waals surface area contributed by atoms with Crippen LogP contribution in [-0.4, -0.2) is 320 Å². The van der Waals surface area contributed by atoms with Crippen molar-refractivity contribution in [1.82, 2.24) is 45.3 Å². The number of unbranched alkanes of at least 4 members (excludes halogenated alkanes) is 14. The third kappa shape index (κ3) is 43.1. The molecular formula is C102H163BN22O21S. The lowest BCUT2D eigenvalue weighted by Crippen LogP contribution is -2.43. The van der Waals surface area contributed by atoms with E-state index in [1.54, 1.807) is 42.6 Å². The number of alkyl carbamates (subject to hydrolysis) is 1. The third-order valence-electron chi connectivity index (χ3n) is 26.0. The molecule has 7 amide bonds. The normalized spacial score (nSPS) is 18.3. The number of amides is 7. The number of ether oxygens (including phenoxy) is 5. The molecule has 6 aliphatic rings. The number of nitro groups is 1. The molecule has 147 heavy (non-hydrogen) atoms. The number of nitrogens with zero attached hydrogens (tertiary/aromatic N) is 16. The zero-order valence-corrected chi connectivity index (χ0v) is 90.3. The maximum Gasteiger partial charge on any atom is 0.410 e. The van der Waals surface area contributed by atoms with Crippen molar-refractivity contribution in [2.75, 3.05) is 171 Å². The van der Waals surface area contributed by atoms with E-state index >= 15 is 0 Å². The van der Waals surface area contributed by atoms with E-state index < -0.39 is 84.3 Å². The second-order valence-electron chi connectivity index (χ2n) is 40.0. The van der Waals surface area contributed by atoms with Crippen molar-refractivity contribution in [2.24, 2.45) is 21.3 Å². The SMILES string of the molecule is CB(O)N(C)CCOCCN(C)C(=O)[C@@H]1C[C@H](N=[N+]=[N-])CN1C.CCCCCCCCC(=O)Nc1ccc2c(c1)C1(CCC(=O)O)c3cc(NC(=O)CCCCCCCC)ccc3C2c2ccc(NC(=O)CCCCCCCNC(=O)OC(C)(C)C)cc21.CNCCOCCN(C)C(=O)OC(C)(C)C.CNCCOCCN(C)C(=O)[C@@H]1C[C@H](N=[N+]=[N-])CN1C.[N-]=[N+]=N[C@@H]1CC(S(=O)(=O)c2ccccc2[N+](=O)[O-])[C@H](C(=O)O)C1. The van der Waals surface area contributed by atoms with Gasteiger partial charge < -0.3 is 90.3 Å². The number of carboxylic acids is 2. The van der Waals surface area contributed by atoms with Crippen molar-refractivity contribution in [3.05, 3.63) is 154 Å². The van der Waals surface area contributed by atoms with Gasteiger partial charge in [0.05, 0.1) is 79.9 Å². The number of nitrogens with one attached hydrogen (secondary N) is 6. The molecule has 4 aliphatic carbocycles. The van der Waals surface area contributed by atoms with Crippen LogP contribution in [0.2, 0.25) is 6.82 Å². The zero-order valence-electron chi connectivity index (χ0n) is 89.4. The number of benzene rings is 4. The summed E-state index contributed by atoms with van der Waals surface area (Å²) in [4.78, 5) is 140. The summed E-state index contributed by atoms with van der Waals surface area (Å²) in [5, 5.41) is 67.5. The predicted octanol–water partition coefficient (Wildman–Crippen LogP) is 15.8. The van der Waals surface area contributed by atoms with Gasteiger partial charge in [-0.15, -0.1) is 0 Å². The molecule has 2 saturated heterocycles. The van der Waals surface area contributed by atoms with E-state index in [2.05, 4.69) is 94.0 Å². The largest absolute Gasteiger partial charge is 0.481 e. The number of rotatable bonds is 56. The minimum Gasteiger partial charge on any atom is -0.481 e. The summed E-state index contributed by atoms with van der Waals surface area (Å²) in [6, 6.07) is 21.4. The molecule has 816 valence electrons. The molecule has 2 aliphatic heterocycles. The molecule has 4 aromatic carbocycles. The van der Waals surface area contributed by atoms with Crippen LogP contribution in [0.4, 0.5) is 32.3 Å². The molecule has 1 unspecified atom stereocenters. The Morgan fingerprint density at radius 2 is 0.925 bits per heavy atom. The van der Waals surface area contributed by atoms with Crippen LogP contribution in [0, 0.1) is 16.0 Å². The van der Waals surface area contributed by atoms with Crippen LogP contribution in [0.15, 0.2) is 99.1 Å². The van der Waals surface area contributed by atoms with Crippen molar-refractivity contribution in [3.8, 4) is 0 Å². The van der Waals surface area contributed by atoms with Gasteiger partial charge in [-0.3, -0.25) is 53.5 Å². The maximum atomic E-state index is 13.4. The number of likely N-dealkylation sites (N-methyl/N-ethyl adjacent to an activating group) is 8. The van der Waals surface area contributed by atoms with Crippen molar-refractivity contribution in [1.29, 1.82) is 0 Å². The minimum atomic E-state index is -4.27. The van der Waals surface area contributed by atoms with E-state index in [1.807, 2.05) is 123 Å². The van der Waals surface area contributed by atoms with E-state index in [0.717, 1.165) is 129 Å². The highest BCUT2D eigenvalue weighted by atomic mass is 32.2. The summed E-state index contributed by atoms with van der Waals surface area (Å²) in [6.07, 6.45) is 18.8. The highest BCUT2D eigenvalue weighted by molar-refractivity contribution is 7.92. The Labute approximate surface area is 867 Å². The van der Waals surface area contributed by atoms with Gasteiger partial charge in [0.1, 0.15) is 16.1 Å². The average molecular weight is 2080 g/mol. The molecule has 0 aromatic heterocycles. The Balaban J connectivity index is 0.000000376. The minimum absolute atomic E-state index is 0.0211. The number of aliphatic carboxylic acids is 2. The van der Waals surface area contributed by atoms with Gasteiger partial charge in [0, 0.05) is 161 Å². The molecule has 43 nitrogen and oxygen atoms in total. The highest BCUT2D eigenvalue weighted by Crippen LogP contribution is 2.62. The Hall–Kier alpha value is -11.3. The summed E-state index contributed by atoms with van der Waals surface area (Å²) in [7, 11) is 9.78. The first-order chi connectivity index (χ1) is 69.9. The van der Waals surface area contributed by atoms with E-state index in [4.69, 9.17) is 40.3 Å². The molecule has 0 spiro atoms. The zero-order chi connectivity index (χ0) is 109. The van der Waals surface area contributed by atoms with Gasteiger partial charge in [-0.1, -0.05) is 143 Å². The molecule has 7 atom stereocenters. The molecule has 10 rings (SSSR count). The van der Waals surface area contributed by atoms with Crippen molar-refractivity contribution in [3.63, 3.8) is 0 Å². The van der Waals surface area contributed by atoms with Crippen LogP contribution >= 0.6 is 0 Å². The number of para-hydroxylation sites is 1. The monoisotopic (exact) mass is 2080 g/mol. The van der Waals surface area contributed by atoms with Crippen LogP contribution in [0.25, 0.3) is 31.3 Å². The molecule has 4 aromatic rings. The first-order valence-electron chi connectivity index (χ1n) is 51.5. The first kappa shape index (κ1) is 126. The number of nitro benzene ring substituents is 1. The second-order valence-corrected chi connectivity index (χ2v) is 42.2. The number of carboxylic acid groups (broad SMARTS) is 2. The fourth-order valence-corrected chi connectivity index (χ4v) is 20.2. The molecule has 2 heterocycles. The summed E-state index contributed by atoms with van der Waals surface area (Å²) < 4.78 is 52.2. The molecule has 0 radical (unpaired) electrons. The average Bonchev–Trinajstić information content (AvgIpc) is 0.860. The molecule has 1 saturated carbocycles. The Morgan fingerprint density at radius 3 is 1.32 bits per heavy atom. The summed E-state index contributed by atoms with van der Waals surface area (Å²) in [5.41, 5.74) is 30.8. The van der Waals surface area contributed by atoms with Crippen LogP contribution in [0.3, 0.4) is 0 Å². The number of anilines is 3. The standard InChI is InChI=1S/C54H76N4O7.C13H27BN6O3.C12H24N6O2.C12H12N4O6S.C11H24N2O3/c1-6-8-10-12-15-19-23-47(59)56-38-26-29-41-44(35-38)54(33-32-50(62)63)45-36-39(57-48(60)24-20-16-13-11-9-7-2)27-30-42(45)51(41)43-31-28-40(37-46(43)54)58-49(61)25-21-17-14-18-22-34-55-52(64)65-53(3,4)5;1-14(22)20(4)6-8-23-7-5-18(2)13(21)12-9-11(16-17-15)10-19(12)3;1-14-4-6-20-7-5-17(2)12(19)11-8-10(15-16-13)9-18(11)3;13-15-14-7-5-8(12(17)18)11(6-7)23(21,22)10-4-2-1-3-9(10)16(19)20;1-11(2,3)16-10(14)13(5)7-9-15-8-6-12-4/h26-31,35-37,51H,6-25,32-34H2,1-5H3,(H,55,64)(H,56,59)(H,57,60)(H,58,61)(H,62,63);11-12,22H,5-10H2,1-4H3;10-11,14H,4-9H2,1-3H3;1-4,7-8,11H,5-6H2,(H,17,18);12H,6-9H2,1-5H3/t;11-,12-;10-,11-;7-,8+,11?;/m.000./s1. The van der Waals surface area contributed by atoms with E-state index in [-0.39, 0.29) is 91.4 Å². The molecular weight excluding hydrogens is 1910 g/mol. The smallest absolute Gasteiger partial charge is 0.410 e. The number of hydrogen-bond donors (Lipinski definition) is 9. The van der Waals surface area contributed by atoms with Gasteiger partial charge in [0.25, 0.3) is 5.69 Å². The molecule has 45 heteroatoms. The number of carbonyl (C=O) groups is 9. The summed E-state index contributed by atoms with van der Waals surface area (Å²) in [6.45, 7) is 26.1. The van der Waals surface area contributed by atoms with Crippen LogP contribution in [-0.2, 0) is 72.5 Å². The quantitative estimate of drug-likeness (QED) is 0.00377. The van der Waals surface area contributed by atoms with Gasteiger partial charge in [-0.2, -0.15) is 0 Å². The van der Waals surface area contributed by atoms with E-state index in [0.29, 0.717) is 135 Å². The number of azide groups is 3. The fraction of sp³-hybridized carbons (Fsp3) is 0.676. The Kier molecular flexibility index (Phi) is 56.2. The predicted molar refractivity (Wildman–Crippen MR) is 567 cm³/mol. The number of carbonyl (C=O) groups excluding carboxylic acids is 7. The first-order valence-corrected chi connectivity index (χ1v) is 53.0. The van der Waals surface area contributed by atoms with Gasteiger partial charge in [-0.25, -0.2) is 18.0 Å². The third-order valence-corrected chi connectivity index (χ3v) is 28.3. The van der Waals surface area contributed by atoms with Crippen LogP contribution in [0.1, 0.15) is 262 Å². The van der Waals surface area contributed by atoms with E-state index in [9.17, 15) is 76.9 Å². The van der Waals surface area contributed by atoms with Gasteiger partial charge in [0.15, 0.2) is 9.84 Å². The fourth-order valence-electron chi connectivity index (χ4n) is 18.1. The summed E-state index contributed by atoms with van der Waals surface area (Å²) >= 11 is 0. The van der Waals surface area contributed by atoms with Gasteiger partial charge in [-0.05, 0) is 234 Å². The van der Waals surface area contributed by atoms with Crippen molar-refractivity contribution >= 4 is 93.3 Å². The maximum absolute atomic E-state index is 13.4. The summed E-state index contributed by atoms with van der Waals surface area (Å²) in [5.74, 6) is -3.83. The number of sulfone groups is 1. The van der Waals surface area contributed by atoms with Crippen molar-refractivity contribution in [2.45, 2.75) is 292 Å². The van der Waals surface area contributed by atoms with Crippen LogP contribution in [0.5, 0.6) is 0 Å². The molecule has 9 N–H and O–H groups in total. The Morgan fingerprint density at radius 1 is 0.531 bits per heavy atom. The topological polar surface area (TPSA) is 576 Å². The highest BCUT2D eigenvalue weighted by Gasteiger charge is 2.53. The van der Waals surface area contributed by atoms with Crippen LogP contribution < -0.4 is 31.9 Å².